The van der Waals surface area contributed by atoms with E-state index in [9.17, 15) is 0 Å². The van der Waals surface area contributed by atoms with Crippen molar-refractivity contribution in [3.8, 4) is 0 Å². The number of halogens is 1. The molecule has 0 saturated carbocycles. The fourth-order valence-electron chi connectivity index (χ4n) is 2.15. The minimum absolute atomic E-state index is 0. The number of hydrogen-bond acceptors (Lipinski definition) is 4. The standard InChI is InChI=1S/C12H14N2OS.ClH/c1-9-11(6-13-15-9)8-14-4-2-12-10(7-14)3-5-16-12;/h3,5-6H,2,4,7-8H2,1H3;1H. The van der Waals surface area contributed by atoms with Crippen molar-refractivity contribution < 1.29 is 4.52 Å². The van der Waals surface area contributed by atoms with Gasteiger partial charge < -0.3 is 4.52 Å². The first-order chi connectivity index (χ1) is 7.83. The van der Waals surface area contributed by atoms with Gasteiger partial charge in [-0.25, -0.2) is 0 Å². The van der Waals surface area contributed by atoms with Crippen LogP contribution in [0, 0.1) is 6.92 Å². The lowest BCUT2D eigenvalue weighted by atomic mass is 10.1. The SMILES string of the molecule is Cc1oncc1CN1CCc2sccc2C1.Cl. The van der Waals surface area contributed by atoms with Crippen molar-refractivity contribution in [3.63, 3.8) is 0 Å². The van der Waals surface area contributed by atoms with Gasteiger partial charge in [-0.15, -0.1) is 23.7 Å². The van der Waals surface area contributed by atoms with Gasteiger partial charge in [-0.2, -0.15) is 0 Å². The molecular weight excluding hydrogens is 256 g/mol. The summed E-state index contributed by atoms with van der Waals surface area (Å²) >= 11 is 1.88. The summed E-state index contributed by atoms with van der Waals surface area (Å²) in [5, 5.41) is 6.02. The minimum atomic E-state index is 0. The maximum atomic E-state index is 5.09. The van der Waals surface area contributed by atoms with Crippen molar-refractivity contribution in [2.75, 3.05) is 6.54 Å². The molecule has 17 heavy (non-hydrogen) atoms. The summed E-state index contributed by atoms with van der Waals surface area (Å²) in [6.07, 6.45) is 3.01. The predicted molar refractivity (Wildman–Crippen MR) is 70.6 cm³/mol. The third-order valence-electron chi connectivity index (χ3n) is 3.13. The molecule has 92 valence electrons. The van der Waals surface area contributed by atoms with Crippen molar-refractivity contribution in [2.24, 2.45) is 0 Å². The lowest BCUT2D eigenvalue weighted by Crippen LogP contribution is -2.29. The third-order valence-corrected chi connectivity index (χ3v) is 4.15. The Kier molecular flexibility index (Phi) is 3.86. The Morgan fingerprint density at radius 2 is 2.41 bits per heavy atom. The van der Waals surface area contributed by atoms with E-state index in [1.807, 2.05) is 24.5 Å². The number of aromatic nitrogens is 1. The Balaban J connectivity index is 0.00000108. The van der Waals surface area contributed by atoms with Gasteiger partial charge in [0.2, 0.25) is 0 Å². The normalized spacial score (nSPS) is 15.4. The summed E-state index contributed by atoms with van der Waals surface area (Å²) in [6, 6.07) is 2.24. The van der Waals surface area contributed by atoms with Crippen molar-refractivity contribution in [1.82, 2.24) is 10.1 Å². The fraction of sp³-hybridized carbons (Fsp3) is 0.417. The van der Waals surface area contributed by atoms with Crippen LogP contribution in [-0.2, 0) is 19.5 Å². The average molecular weight is 271 g/mol. The molecule has 0 spiro atoms. The predicted octanol–water partition coefficient (Wildman–Crippen LogP) is 3.02. The molecule has 0 bridgehead atoms. The molecule has 3 heterocycles. The van der Waals surface area contributed by atoms with E-state index >= 15 is 0 Å². The lowest BCUT2D eigenvalue weighted by Gasteiger charge is -2.26. The molecule has 1 aliphatic rings. The Bertz CT molecular complexity index is 494. The number of nitrogens with zero attached hydrogens (tertiary/aromatic N) is 2. The van der Waals surface area contributed by atoms with Crippen LogP contribution in [0.3, 0.4) is 0 Å². The third kappa shape index (κ3) is 2.54. The average Bonchev–Trinajstić information content (AvgIpc) is 2.88. The molecule has 0 amide bonds. The van der Waals surface area contributed by atoms with E-state index in [-0.39, 0.29) is 12.4 Å². The smallest absolute Gasteiger partial charge is 0.138 e. The van der Waals surface area contributed by atoms with Gasteiger partial charge in [0.15, 0.2) is 0 Å². The van der Waals surface area contributed by atoms with Gasteiger partial charge in [-0.1, -0.05) is 5.16 Å². The molecular formula is C12H15ClN2OS. The van der Waals surface area contributed by atoms with E-state index in [0.29, 0.717) is 0 Å². The highest BCUT2D eigenvalue weighted by Gasteiger charge is 2.18. The lowest BCUT2D eigenvalue weighted by molar-refractivity contribution is 0.245. The van der Waals surface area contributed by atoms with Gasteiger partial charge in [0.25, 0.3) is 0 Å². The van der Waals surface area contributed by atoms with Crippen LogP contribution in [0.2, 0.25) is 0 Å². The van der Waals surface area contributed by atoms with Crippen molar-refractivity contribution in [2.45, 2.75) is 26.4 Å². The van der Waals surface area contributed by atoms with Crippen LogP contribution in [0.5, 0.6) is 0 Å². The Hall–Kier alpha value is -0.840. The number of thiophene rings is 1. The summed E-state index contributed by atoms with van der Waals surface area (Å²) < 4.78 is 5.09. The first kappa shape index (κ1) is 12.6. The first-order valence-electron chi connectivity index (χ1n) is 5.50. The second kappa shape index (κ2) is 5.21. The number of aryl methyl sites for hydroxylation is 1. The highest BCUT2D eigenvalue weighted by Crippen LogP contribution is 2.25. The van der Waals surface area contributed by atoms with Crippen LogP contribution in [-0.4, -0.2) is 16.6 Å². The van der Waals surface area contributed by atoms with E-state index in [1.54, 1.807) is 4.88 Å². The van der Waals surface area contributed by atoms with Gasteiger partial charge in [-0.3, -0.25) is 4.90 Å². The molecule has 2 aromatic heterocycles. The molecule has 0 radical (unpaired) electrons. The monoisotopic (exact) mass is 270 g/mol. The molecule has 3 nitrogen and oxygen atoms in total. The van der Waals surface area contributed by atoms with Gasteiger partial charge in [0, 0.05) is 30.1 Å². The van der Waals surface area contributed by atoms with Crippen LogP contribution >= 0.6 is 23.7 Å². The molecule has 0 atom stereocenters. The van der Waals surface area contributed by atoms with Crippen molar-refractivity contribution in [3.05, 3.63) is 39.4 Å². The Morgan fingerprint density at radius 3 is 3.18 bits per heavy atom. The quantitative estimate of drug-likeness (QED) is 0.840. The molecule has 2 aromatic rings. The topological polar surface area (TPSA) is 29.3 Å². The van der Waals surface area contributed by atoms with Gasteiger partial charge in [-0.05, 0) is 30.4 Å². The first-order valence-corrected chi connectivity index (χ1v) is 6.38. The van der Waals surface area contributed by atoms with Gasteiger partial charge in [0.1, 0.15) is 5.76 Å². The molecule has 3 rings (SSSR count). The highest BCUT2D eigenvalue weighted by molar-refractivity contribution is 7.10. The second-order valence-corrected chi connectivity index (χ2v) is 5.24. The highest BCUT2D eigenvalue weighted by atomic mass is 35.5. The van der Waals surface area contributed by atoms with E-state index in [2.05, 4.69) is 21.5 Å². The molecule has 5 heteroatoms. The Morgan fingerprint density at radius 1 is 1.53 bits per heavy atom. The molecule has 0 unspecified atom stereocenters. The summed E-state index contributed by atoms with van der Waals surface area (Å²) in [5.74, 6) is 0.941. The van der Waals surface area contributed by atoms with Gasteiger partial charge >= 0.3 is 0 Å². The van der Waals surface area contributed by atoms with Crippen LogP contribution in [0.1, 0.15) is 21.8 Å². The van der Waals surface area contributed by atoms with Crippen LogP contribution in [0.4, 0.5) is 0 Å². The summed E-state index contributed by atoms with van der Waals surface area (Å²) in [5.41, 5.74) is 2.70. The van der Waals surface area contributed by atoms with Crippen LogP contribution in [0.25, 0.3) is 0 Å². The number of rotatable bonds is 2. The molecule has 0 N–H and O–H groups in total. The minimum Gasteiger partial charge on any atom is -0.361 e. The zero-order valence-corrected chi connectivity index (χ0v) is 11.3. The number of hydrogen-bond donors (Lipinski definition) is 0. The number of fused-ring (bicyclic) bond motifs is 1. The van der Waals surface area contributed by atoms with E-state index < -0.39 is 0 Å². The van der Waals surface area contributed by atoms with E-state index in [0.717, 1.165) is 25.4 Å². The van der Waals surface area contributed by atoms with Crippen LogP contribution < -0.4 is 0 Å². The molecule has 1 aliphatic heterocycles. The van der Waals surface area contributed by atoms with Crippen molar-refractivity contribution in [1.29, 1.82) is 0 Å². The maximum absolute atomic E-state index is 5.09. The van der Waals surface area contributed by atoms with Crippen LogP contribution in [0.15, 0.2) is 22.2 Å². The van der Waals surface area contributed by atoms with E-state index in [1.165, 1.54) is 17.5 Å². The zero-order chi connectivity index (χ0) is 11.0. The summed E-state index contributed by atoms with van der Waals surface area (Å²) in [4.78, 5) is 4.01. The molecule has 0 aromatic carbocycles. The molecule has 0 fully saturated rings. The zero-order valence-electron chi connectivity index (χ0n) is 9.68. The van der Waals surface area contributed by atoms with E-state index in [4.69, 9.17) is 4.52 Å². The Labute approximate surface area is 111 Å². The molecule has 0 aliphatic carbocycles. The van der Waals surface area contributed by atoms with Gasteiger partial charge in [0.05, 0.1) is 6.20 Å². The summed E-state index contributed by atoms with van der Waals surface area (Å²) in [6.45, 7) is 5.12. The molecule has 0 saturated heterocycles. The summed E-state index contributed by atoms with van der Waals surface area (Å²) in [7, 11) is 0. The van der Waals surface area contributed by atoms with Crippen molar-refractivity contribution >= 4 is 23.7 Å². The largest absolute Gasteiger partial charge is 0.361 e. The second-order valence-electron chi connectivity index (χ2n) is 4.24. The maximum Gasteiger partial charge on any atom is 0.138 e. The fourth-order valence-corrected chi connectivity index (χ4v) is 3.04.